The van der Waals surface area contributed by atoms with Crippen molar-refractivity contribution in [3.05, 3.63) is 210 Å². The van der Waals surface area contributed by atoms with Gasteiger partial charge in [0.15, 0.2) is 0 Å². The Morgan fingerprint density at radius 3 is 1.38 bits per heavy atom. The second-order valence-corrected chi connectivity index (χ2v) is 12.6. The molecule has 0 amide bonds. The molecule has 48 heavy (non-hydrogen) atoms. The van der Waals surface area contributed by atoms with Crippen molar-refractivity contribution in [1.82, 2.24) is 0 Å². The van der Waals surface area contributed by atoms with Crippen LogP contribution in [0.1, 0.15) is 22.3 Å². The van der Waals surface area contributed by atoms with E-state index in [0.29, 0.717) is 0 Å². The van der Waals surface area contributed by atoms with Gasteiger partial charge in [-0.15, -0.1) is 0 Å². The molecular weight excluding hydrogens is 577 g/mol. The molecule has 0 aromatic heterocycles. The summed E-state index contributed by atoms with van der Waals surface area (Å²) in [6, 6.07) is 66.3. The Bertz CT molecular complexity index is 2340. The van der Waals surface area contributed by atoms with Crippen LogP contribution in [0, 0.1) is 6.92 Å². The summed E-state index contributed by atoms with van der Waals surface area (Å²) >= 11 is 0. The molecule has 0 saturated heterocycles. The van der Waals surface area contributed by atoms with E-state index in [4.69, 9.17) is 0 Å². The maximum Gasteiger partial charge on any atom is -0.00880 e. The van der Waals surface area contributed by atoms with Crippen LogP contribution in [0.3, 0.4) is 0 Å². The van der Waals surface area contributed by atoms with Crippen molar-refractivity contribution in [1.29, 1.82) is 0 Å². The predicted molar refractivity (Wildman–Crippen MR) is 206 cm³/mol. The van der Waals surface area contributed by atoms with Crippen molar-refractivity contribution in [3.8, 4) is 33.4 Å². The molecule has 8 aromatic rings. The van der Waals surface area contributed by atoms with Gasteiger partial charge >= 0.3 is 0 Å². The van der Waals surface area contributed by atoms with Crippen LogP contribution < -0.4 is 0 Å². The Hall–Kier alpha value is -5.98. The Balaban J connectivity index is 1.08. The summed E-state index contributed by atoms with van der Waals surface area (Å²) in [7, 11) is 0. The van der Waals surface area contributed by atoms with Crippen LogP contribution in [0.2, 0.25) is 0 Å². The standard InChI is InChI=1S/C48H36/c1-34-18-23-36(24-19-34)40-27-30-45-42(32-40)14-8-16-47(45)48-17-9-15-43-33-41(28-31-46(43)48)37-25-20-35(21-26-37)22-29-44(38-10-4-2-5-11-38)39-12-6-3-7-13-39/h2-21,23-33H,22H2,1H3. The highest BCUT2D eigenvalue weighted by molar-refractivity contribution is 6.07. The summed E-state index contributed by atoms with van der Waals surface area (Å²) in [4.78, 5) is 0. The Labute approximate surface area is 283 Å². The quantitative estimate of drug-likeness (QED) is 0.168. The maximum atomic E-state index is 2.35. The average Bonchev–Trinajstić information content (AvgIpc) is 3.15. The highest BCUT2D eigenvalue weighted by Gasteiger charge is 2.11. The second kappa shape index (κ2) is 13.0. The molecule has 8 aromatic carbocycles. The zero-order valence-corrected chi connectivity index (χ0v) is 27.1. The van der Waals surface area contributed by atoms with Crippen molar-refractivity contribution in [2.75, 3.05) is 0 Å². The number of rotatable bonds is 7. The minimum Gasteiger partial charge on any atom is -0.0717 e. The molecule has 0 aliphatic rings. The van der Waals surface area contributed by atoms with Crippen LogP contribution in [-0.2, 0) is 6.42 Å². The minimum atomic E-state index is 0.873. The van der Waals surface area contributed by atoms with Crippen LogP contribution in [0.25, 0.3) is 60.5 Å². The number of hydrogen-bond donors (Lipinski definition) is 0. The van der Waals surface area contributed by atoms with Gasteiger partial charge in [-0.3, -0.25) is 0 Å². The number of aryl methyl sites for hydroxylation is 1. The topological polar surface area (TPSA) is 0 Å². The van der Waals surface area contributed by atoms with Gasteiger partial charge in [-0.25, -0.2) is 0 Å². The maximum absolute atomic E-state index is 2.35. The van der Waals surface area contributed by atoms with Crippen molar-refractivity contribution in [3.63, 3.8) is 0 Å². The van der Waals surface area contributed by atoms with Gasteiger partial charge in [-0.05, 0) is 103 Å². The molecule has 0 nitrogen and oxygen atoms in total. The lowest BCUT2D eigenvalue weighted by Crippen LogP contribution is -1.90. The molecule has 0 heteroatoms. The van der Waals surface area contributed by atoms with Crippen LogP contribution in [-0.4, -0.2) is 0 Å². The van der Waals surface area contributed by atoms with E-state index in [1.165, 1.54) is 82.8 Å². The third kappa shape index (κ3) is 5.97. The molecule has 228 valence electrons. The normalized spacial score (nSPS) is 11.1. The smallest absolute Gasteiger partial charge is 0.00880 e. The summed E-state index contributed by atoms with van der Waals surface area (Å²) in [6.07, 6.45) is 3.23. The summed E-state index contributed by atoms with van der Waals surface area (Å²) in [5, 5.41) is 5.05. The van der Waals surface area contributed by atoms with E-state index in [1.807, 2.05) is 0 Å². The van der Waals surface area contributed by atoms with Gasteiger partial charge in [-0.1, -0.05) is 181 Å². The molecule has 0 aliphatic carbocycles. The molecule has 0 saturated carbocycles. The monoisotopic (exact) mass is 612 g/mol. The zero-order chi connectivity index (χ0) is 32.3. The fraction of sp³-hybridized carbons (Fsp3) is 0.0417. The summed E-state index contributed by atoms with van der Waals surface area (Å²) < 4.78 is 0. The van der Waals surface area contributed by atoms with E-state index in [9.17, 15) is 0 Å². The molecule has 0 unspecified atom stereocenters. The fourth-order valence-corrected chi connectivity index (χ4v) is 6.83. The molecule has 0 bridgehead atoms. The number of fused-ring (bicyclic) bond motifs is 2. The molecule has 8 rings (SSSR count). The summed E-state index contributed by atoms with van der Waals surface area (Å²) in [6.45, 7) is 2.13. The fourth-order valence-electron chi connectivity index (χ4n) is 6.83. The number of allylic oxidation sites excluding steroid dienone is 1. The molecule has 0 N–H and O–H groups in total. The summed E-state index contributed by atoms with van der Waals surface area (Å²) in [5.74, 6) is 0. The van der Waals surface area contributed by atoms with E-state index in [-0.39, 0.29) is 0 Å². The van der Waals surface area contributed by atoms with Crippen molar-refractivity contribution in [2.24, 2.45) is 0 Å². The number of benzene rings is 8. The molecular formula is C48H36. The zero-order valence-electron chi connectivity index (χ0n) is 27.1. The second-order valence-electron chi connectivity index (χ2n) is 12.6. The third-order valence-corrected chi connectivity index (χ3v) is 9.43. The first-order valence-corrected chi connectivity index (χ1v) is 16.7. The molecule has 0 radical (unpaired) electrons. The van der Waals surface area contributed by atoms with E-state index in [0.717, 1.165) is 6.42 Å². The highest BCUT2D eigenvalue weighted by atomic mass is 14.1. The Kier molecular flexibility index (Phi) is 7.98. The van der Waals surface area contributed by atoms with E-state index < -0.39 is 0 Å². The van der Waals surface area contributed by atoms with Gasteiger partial charge < -0.3 is 0 Å². The van der Waals surface area contributed by atoms with Crippen molar-refractivity contribution in [2.45, 2.75) is 13.3 Å². The first kappa shape index (κ1) is 29.4. The van der Waals surface area contributed by atoms with E-state index in [1.54, 1.807) is 0 Å². The van der Waals surface area contributed by atoms with Crippen molar-refractivity contribution >= 4 is 27.1 Å². The SMILES string of the molecule is Cc1ccc(-c2ccc3c(-c4cccc5cc(-c6ccc(CC=C(c7ccccc7)c7ccccc7)cc6)ccc45)cccc3c2)cc1. The van der Waals surface area contributed by atoms with Crippen LogP contribution in [0.15, 0.2) is 188 Å². The minimum absolute atomic E-state index is 0.873. The number of hydrogen-bond acceptors (Lipinski definition) is 0. The summed E-state index contributed by atoms with van der Waals surface area (Å²) in [5.41, 5.74) is 13.8. The third-order valence-electron chi connectivity index (χ3n) is 9.43. The van der Waals surface area contributed by atoms with Crippen LogP contribution in [0.4, 0.5) is 0 Å². The lowest BCUT2D eigenvalue weighted by atomic mass is 9.91. The Morgan fingerprint density at radius 1 is 0.417 bits per heavy atom. The van der Waals surface area contributed by atoms with E-state index in [2.05, 4.69) is 195 Å². The first-order chi connectivity index (χ1) is 23.7. The predicted octanol–water partition coefficient (Wildman–Crippen LogP) is 13.0. The lowest BCUT2D eigenvalue weighted by Gasteiger charge is -2.13. The van der Waals surface area contributed by atoms with Crippen molar-refractivity contribution < 1.29 is 0 Å². The molecule has 0 fully saturated rings. The van der Waals surface area contributed by atoms with Gasteiger partial charge in [0.2, 0.25) is 0 Å². The average molecular weight is 613 g/mol. The molecule has 0 aliphatic heterocycles. The van der Waals surface area contributed by atoms with Crippen LogP contribution >= 0.6 is 0 Å². The largest absolute Gasteiger partial charge is 0.0717 e. The molecule has 0 atom stereocenters. The lowest BCUT2D eigenvalue weighted by molar-refractivity contribution is 1.27. The van der Waals surface area contributed by atoms with Gasteiger partial charge in [0.25, 0.3) is 0 Å². The van der Waals surface area contributed by atoms with Gasteiger partial charge in [-0.2, -0.15) is 0 Å². The van der Waals surface area contributed by atoms with E-state index >= 15 is 0 Å². The van der Waals surface area contributed by atoms with Gasteiger partial charge in [0, 0.05) is 0 Å². The first-order valence-electron chi connectivity index (χ1n) is 16.7. The Morgan fingerprint density at radius 2 is 0.875 bits per heavy atom. The molecule has 0 spiro atoms. The highest BCUT2D eigenvalue weighted by Crippen LogP contribution is 2.37. The van der Waals surface area contributed by atoms with Gasteiger partial charge in [0.1, 0.15) is 0 Å². The molecule has 0 heterocycles. The van der Waals surface area contributed by atoms with Crippen LogP contribution in [0.5, 0.6) is 0 Å². The van der Waals surface area contributed by atoms with Gasteiger partial charge in [0.05, 0.1) is 0 Å².